The molecule has 0 radical (unpaired) electrons. The van der Waals surface area contributed by atoms with E-state index < -0.39 is 11.7 Å². The SMILES string of the molecule is CC(=O)CNC1CCN(c2ccc(NC(=O)N3CCC(c4ccc(C(F)(F)F)cc4)CC3)cc2)C1. The van der Waals surface area contributed by atoms with Crippen LogP contribution in [0.15, 0.2) is 48.5 Å². The molecule has 2 fully saturated rings. The van der Waals surface area contributed by atoms with Crippen molar-refractivity contribution in [3.05, 3.63) is 59.7 Å². The van der Waals surface area contributed by atoms with Crippen molar-refractivity contribution in [2.24, 2.45) is 0 Å². The van der Waals surface area contributed by atoms with Crippen LogP contribution < -0.4 is 15.5 Å². The fraction of sp³-hybridized carbons (Fsp3) is 0.462. The van der Waals surface area contributed by atoms with Gasteiger partial charge in [0.15, 0.2) is 0 Å². The van der Waals surface area contributed by atoms with Crippen LogP contribution in [-0.2, 0) is 11.0 Å². The topological polar surface area (TPSA) is 64.7 Å². The van der Waals surface area contributed by atoms with Crippen LogP contribution in [0.4, 0.5) is 29.3 Å². The van der Waals surface area contributed by atoms with Crippen molar-refractivity contribution in [2.45, 2.75) is 44.3 Å². The van der Waals surface area contributed by atoms with Crippen molar-refractivity contribution in [3.63, 3.8) is 0 Å². The van der Waals surface area contributed by atoms with Crippen molar-refractivity contribution in [1.29, 1.82) is 0 Å². The Bertz CT molecular complexity index is 1020. The Hall–Kier alpha value is -3.07. The van der Waals surface area contributed by atoms with Gasteiger partial charge in [0.05, 0.1) is 12.1 Å². The van der Waals surface area contributed by atoms with Gasteiger partial charge in [-0.2, -0.15) is 13.2 Å². The van der Waals surface area contributed by atoms with Crippen LogP contribution in [0.1, 0.15) is 43.2 Å². The lowest BCUT2D eigenvalue weighted by atomic mass is 9.89. The largest absolute Gasteiger partial charge is 0.416 e. The number of ketones is 1. The van der Waals surface area contributed by atoms with Crippen LogP contribution in [-0.4, -0.2) is 55.5 Å². The molecule has 1 unspecified atom stereocenters. The van der Waals surface area contributed by atoms with E-state index in [0.29, 0.717) is 44.2 Å². The molecule has 0 spiro atoms. The highest BCUT2D eigenvalue weighted by Gasteiger charge is 2.31. The zero-order valence-electron chi connectivity index (χ0n) is 19.8. The monoisotopic (exact) mass is 488 g/mol. The molecule has 2 heterocycles. The molecule has 0 aliphatic carbocycles. The Kier molecular flexibility index (Phi) is 7.64. The maximum atomic E-state index is 12.8. The van der Waals surface area contributed by atoms with E-state index in [1.807, 2.05) is 24.3 Å². The number of alkyl halides is 3. The second-order valence-electron chi connectivity index (χ2n) is 9.37. The molecule has 2 aromatic carbocycles. The maximum absolute atomic E-state index is 12.8. The van der Waals surface area contributed by atoms with Crippen molar-refractivity contribution in [1.82, 2.24) is 10.2 Å². The predicted octanol–water partition coefficient (Wildman–Crippen LogP) is 4.87. The highest BCUT2D eigenvalue weighted by molar-refractivity contribution is 5.89. The van der Waals surface area contributed by atoms with Crippen molar-refractivity contribution in [3.8, 4) is 0 Å². The molecule has 9 heteroatoms. The molecule has 0 saturated carbocycles. The molecule has 35 heavy (non-hydrogen) atoms. The molecule has 2 saturated heterocycles. The van der Waals surface area contributed by atoms with Gasteiger partial charge in [-0.25, -0.2) is 4.79 Å². The number of nitrogens with one attached hydrogen (secondary N) is 2. The Morgan fingerprint density at radius 3 is 2.20 bits per heavy atom. The summed E-state index contributed by atoms with van der Waals surface area (Å²) in [4.78, 5) is 27.9. The smallest absolute Gasteiger partial charge is 0.370 e. The molecule has 2 amide bonds. The summed E-state index contributed by atoms with van der Waals surface area (Å²) >= 11 is 0. The zero-order valence-corrected chi connectivity index (χ0v) is 19.8. The maximum Gasteiger partial charge on any atom is 0.416 e. The number of piperidine rings is 1. The quantitative estimate of drug-likeness (QED) is 0.609. The lowest BCUT2D eigenvalue weighted by molar-refractivity contribution is -0.137. The van der Waals surface area contributed by atoms with Crippen LogP contribution in [0, 0.1) is 0 Å². The number of amides is 2. The van der Waals surface area contributed by atoms with E-state index in [2.05, 4.69) is 15.5 Å². The van der Waals surface area contributed by atoms with Crippen molar-refractivity contribution in [2.75, 3.05) is 42.9 Å². The molecule has 1 atom stereocenters. The first kappa shape index (κ1) is 25.0. The molecule has 6 nitrogen and oxygen atoms in total. The summed E-state index contributed by atoms with van der Waals surface area (Å²) in [6.45, 7) is 4.83. The second kappa shape index (κ2) is 10.7. The van der Waals surface area contributed by atoms with Gasteiger partial charge in [0, 0.05) is 43.6 Å². The van der Waals surface area contributed by atoms with Gasteiger partial charge in [0.1, 0.15) is 5.78 Å². The molecular formula is C26H31F3N4O2. The molecule has 0 aromatic heterocycles. The van der Waals surface area contributed by atoms with Gasteiger partial charge in [-0.15, -0.1) is 0 Å². The van der Waals surface area contributed by atoms with E-state index in [1.54, 1.807) is 24.0 Å². The van der Waals surface area contributed by atoms with E-state index in [1.165, 1.54) is 0 Å². The first-order chi connectivity index (χ1) is 16.7. The fourth-order valence-electron chi connectivity index (χ4n) is 4.77. The summed E-state index contributed by atoms with van der Waals surface area (Å²) in [5.41, 5.74) is 2.04. The van der Waals surface area contributed by atoms with Gasteiger partial charge in [-0.05, 0) is 74.1 Å². The Balaban J connectivity index is 1.24. The molecule has 188 valence electrons. The number of urea groups is 1. The van der Waals surface area contributed by atoms with Crippen LogP contribution in [0.5, 0.6) is 0 Å². The summed E-state index contributed by atoms with van der Waals surface area (Å²) in [7, 11) is 0. The first-order valence-electron chi connectivity index (χ1n) is 12.0. The number of halogens is 3. The third-order valence-electron chi connectivity index (χ3n) is 6.80. The number of likely N-dealkylation sites (tertiary alicyclic amines) is 1. The summed E-state index contributed by atoms with van der Waals surface area (Å²) in [5, 5.41) is 6.22. The first-order valence-corrected chi connectivity index (χ1v) is 12.0. The summed E-state index contributed by atoms with van der Waals surface area (Å²) in [6.07, 6.45) is -1.92. The predicted molar refractivity (Wildman–Crippen MR) is 130 cm³/mol. The van der Waals surface area contributed by atoms with Crippen LogP contribution in [0.2, 0.25) is 0 Å². The summed E-state index contributed by atoms with van der Waals surface area (Å²) < 4.78 is 38.3. The Morgan fingerprint density at radius 1 is 0.943 bits per heavy atom. The molecular weight excluding hydrogens is 457 g/mol. The number of hydrogen-bond acceptors (Lipinski definition) is 4. The Morgan fingerprint density at radius 2 is 1.60 bits per heavy atom. The summed E-state index contributed by atoms with van der Waals surface area (Å²) in [5.74, 6) is 0.280. The number of carbonyl (C=O) groups excluding carboxylic acids is 2. The molecule has 2 aromatic rings. The van der Waals surface area contributed by atoms with Crippen LogP contribution in [0.3, 0.4) is 0 Å². The van der Waals surface area contributed by atoms with E-state index in [0.717, 1.165) is 42.9 Å². The number of carbonyl (C=O) groups is 2. The van der Waals surface area contributed by atoms with Gasteiger partial charge in [0.25, 0.3) is 0 Å². The lowest BCUT2D eigenvalue weighted by Crippen LogP contribution is -2.40. The molecule has 0 bridgehead atoms. The van der Waals surface area contributed by atoms with Crippen LogP contribution >= 0.6 is 0 Å². The second-order valence-corrected chi connectivity index (χ2v) is 9.37. The average Bonchev–Trinajstić information content (AvgIpc) is 3.32. The number of nitrogens with zero attached hydrogens (tertiary/aromatic N) is 2. The van der Waals surface area contributed by atoms with Crippen molar-refractivity contribution < 1.29 is 22.8 Å². The van der Waals surface area contributed by atoms with E-state index >= 15 is 0 Å². The zero-order chi connectivity index (χ0) is 25.0. The minimum atomic E-state index is -4.33. The van der Waals surface area contributed by atoms with E-state index in [-0.39, 0.29) is 17.7 Å². The number of rotatable bonds is 6. The number of hydrogen-bond donors (Lipinski definition) is 2. The standard InChI is InChI=1S/C26H31F3N4O2/c1-18(34)16-30-23-12-15-33(17-23)24-8-6-22(7-9-24)31-25(35)32-13-10-20(11-14-32)19-2-4-21(5-3-19)26(27,28)29/h2-9,20,23,30H,10-17H2,1H3,(H,31,35). The van der Waals surface area contributed by atoms with Gasteiger partial charge < -0.3 is 20.4 Å². The minimum Gasteiger partial charge on any atom is -0.370 e. The average molecular weight is 489 g/mol. The number of Topliss-reactive ketones (excluding diaryl/α,β-unsaturated/α-hetero) is 1. The highest BCUT2D eigenvalue weighted by atomic mass is 19.4. The molecule has 2 aliphatic rings. The molecule has 4 rings (SSSR count). The third-order valence-corrected chi connectivity index (χ3v) is 6.80. The molecule has 2 aliphatic heterocycles. The van der Waals surface area contributed by atoms with Crippen LogP contribution in [0.25, 0.3) is 0 Å². The lowest BCUT2D eigenvalue weighted by Gasteiger charge is -2.32. The number of anilines is 2. The minimum absolute atomic E-state index is 0.132. The van der Waals surface area contributed by atoms with Gasteiger partial charge >= 0.3 is 12.2 Å². The molecule has 2 N–H and O–H groups in total. The van der Waals surface area contributed by atoms with Gasteiger partial charge in [-0.3, -0.25) is 4.79 Å². The van der Waals surface area contributed by atoms with Gasteiger partial charge in [-0.1, -0.05) is 12.1 Å². The summed E-state index contributed by atoms with van der Waals surface area (Å²) in [6, 6.07) is 13.2. The highest BCUT2D eigenvalue weighted by Crippen LogP contribution is 2.33. The fourth-order valence-corrected chi connectivity index (χ4v) is 4.77. The van der Waals surface area contributed by atoms with E-state index in [4.69, 9.17) is 0 Å². The third kappa shape index (κ3) is 6.54. The van der Waals surface area contributed by atoms with Gasteiger partial charge in [0.2, 0.25) is 0 Å². The Labute approximate surface area is 203 Å². The van der Waals surface area contributed by atoms with E-state index in [9.17, 15) is 22.8 Å². The number of benzene rings is 2. The van der Waals surface area contributed by atoms with Crippen molar-refractivity contribution >= 4 is 23.2 Å². The normalized spacial score (nSPS) is 19.1.